The van der Waals surface area contributed by atoms with Gasteiger partial charge >= 0.3 is 11.9 Å². The van der Waals surface area contributed by atoms with Crippen LogP contribution in [0.4, 0.5) is 0 Å². The van der Waals surface area contributed by atoms with Crippen LogP contribution in [0.25, 0.3) is 0 Å². The third kappa shape index (κ3) is 8.18. The van der Waals surface area contributed by atoms with Crippen LogP contribution in [0, 0.1) is 23.2 Å². The molecule has 1 aromatic heterocycles. The summed E-state index contributed by atoms with van der Waals surface area (Å²) in [6.45, 7) is 11.5. The van der Waals surface area contributed by atoms with Gasteiger partial charge in [-0.15, -0.1) is 0 Å². The van der Waals surface area contributed by atoms with Gasteiger partial charge in [0.25, 0.3) is 5.91 Å². The van der Waals surface area contributed by atoms with Crippen molar-refractivity contribution in [2.45, 2.75) is 117 Å². The molecule has 1 saturated heterocycles. The van der Waals surface area contributed by atoms with Crippen molar-refractivity contribution in [2.24, 2.45) is 23.2 Å². The van der Waals surface area contributed by atoms with Gasteiger partial charge in [0.1, 0.15) is 29.4 Å². The number of methoxy groups -OCH3 is 1. The van der Waals surface area contributed by atoms with E-state index in [0.29, 0.717) is 6.54 Å². The number of hydrogen-bond acceptors (Lipinski definition) is 9. The lowest BCUT2D eigenvalue weighted by molar-refractivity contribution is -0.165. The molecule has 0 unspecified atom stereocenters. The van der Waals surface area contributed by atoms with E-state index in [9.17, 15) is 24.0 Å². The number of rotatable bonds is 8. The minimum Gasteiger partial charge on any atom is -0.464 e. The van der Waals surface area contributed by atoms with Crippen molar-refractivity contribution in [3.8, 4) is 0 Å². The average Bonchev–Trinajstić information content (AvgIpc) is 3.58. The van der Waals surface area contributed by atoms with E-state index < -0.39 is 52.9 Å². The van der Waals surface area contributed by atoms with Gasteiger partial charge in [-0.3, -0.25) is 14.4 Å². The third-order valence-corrected chi connectivity index (χ3v) is 9.19. The molecule has 248 valence electrons. The number of carbonyl (C=O) groups excluding carboxylic acids is 5. The number of likely N-dealkylation sites (tertiary alicyclic amines) is 1. The molecule has 12 heteroatoms. The molecular formula is C33H49N5O7. The monoisotopic (exact) mass is 627 g/mol. The molecular weight excluding hydrogens is 578 g/mol. The Morgan fingerprint density at radius 1 is 0.867 bits per heavy atom. The number of carbonyl (C=O) groups is 5. The minimum absolute atomic E-state index is 0.0288. The molecule has 5 atom stereocenters. The van der Waals surface area contributed by atoms with E-state index in [1.165, 1.54) is 13.3 Å². The quantitative estimate of drug-likeness (QED) is 0.412. The molecule has 2 saturated carbocycles. The second-order valence-electron chi connectivity index (χ2n) is 14.8. The zero-order valence-electron chi connectivity index (χ0n) is 27.7. The summed E-state index contributed by atoms with van der Waals surface area (Å²) in [7, 11) is 1.22. The molecule has 2 aliphatic carbocycles. The summed E-state index contributed by atoms with van der Waals surface area (Å²) >= 11 is 0. The smallest absolute Gasteiger partial charge is 0.358 e. The third-order valence-electron chi connectivity index (χ3n) is 9.19. The van der Waals surface area contributed by atoms with Gasteiger partial charge in [-0.05, 0) is 69.6 Å². The number of nitrogens with zero attached hydrogens (tertiary/aromatic N) is 3. The van der Waals surface area contributed by atoms with Gasteiger partial charge in [-0.2, -0.15) is 0 Å². The Morgan fingerprint density at radius 2 is 1.51 bits per heavy atom. The van der Waals surface area contributed by atoms with Crippen LogP contribution in [-0.4, -0.2) is 81.9 Å². The van der Waals surface area contributed by atoms with Crippen molar-refractivity contribution >= 4 is 29.7 Å². The summed E-state index contributed by atoms with van der Waals surface area (Å²) in [6, 6.07) is -2.57. The number of ether oxygens (including phenoxy) is 2. The number of fused-ring (bicyclic) bond motifs is 1. The van der Waals surface area contributed by atoms with E-state index in [1.807, 2.05) is 41.5 Å². The maximum atomic E-state index is 14.4. The normalized spacial score (nSPS) is 23.4. The number of aromatic nitrogens is 2. The molecule has 0 radical (unpaired) electrons. The van der Waals surface area contributed by atoms with E-state index in [-0.39, 0.29) is 35.0 Å². The van der Waals surface area contributed by atoms with E-state index >= 15 is 0 Å². The van der Waals surface area contributed by atoms with Crippen LogP contribution in [0.15, 0.2) is 12.4 Å². The predicted molar refractivity (Wildman–Crippen MR) is 165 cm³/mol. The summed E-state index contributed by atoms with van der Waals surface area (Å²) in [4.78, 5) is 76.6. The molecule has 2 N–H and O–H groups in total. The van der Waals surface area contributed by atoms with Gasteiger partial charge in [-0.25, -0.2) is 19.6 Å². The fourth-order valence-electron chi connectivity index (χ4n) is 6.98. The number of esters is 2. The number of hydrogen-bond donors (Lipinski definition) is 2. The number of amides is 3. The zero-order valence-corrected chi connectivity index (χ0v) is 27.7. The van der Waals surface area contributed by atoms with Crippen LogP contribution in [0.1, 0.15) is 114 Å². The van der Waals surface area contributed by atoms with E-state index in [2.05, 4.69) is 25.3 Å². The Balaban J connectivity index is 1.57. The van der Waals surface area contributed by atoms with Crippen LogP contribution in [0.5, 0.6) is 0 Å². The first-order valence-electron chi connectivity index (χ1n) is 16.2. The molecule has 2 heterocycles. The molecule has 0 bridgehead atoms. The lowest BCUT2D eigenvalue weighted by atomic mass is 9.82. The first-order chi connectivity index (χ1) is 21.1. The maximum Gasteiger partial charge on any atom is 0.358 e. The second-order valence-corrected chi connectivity index (χ2v) is 14.8. The van der Waals surface area contributed by atoms with Crippen LogP contribution in [-0.2, 0) is 23.9 Å². The SMILES string of the molecule is COC(=O)c1cnc(C(=O)N[C@H](C(=O)N[C@H](C(=O)N2C[C@@H]3CCC[C@@H]3[C@H]2C(=O)OC(C)(C)C)C(C)(C)C)C2CCCCC2)cn1. The Kier molecular flexibility index (Phi) is 10.5. The van der Waals surface area contributed by atoms with Gasteiger partial charge in [0.2, 0.25) is 11.8 Å². The molecule has 1 aromatic rings. The first-order valence-corrected chi connectivity index (χ1v) is 16.2. The minimum atomic E-state index is -0.948. The standard InChI is InChI=1S/C33H49N5O7/c1-32(2,3)26(29(41)38-18-20-14-11-15-21(20)25(38)31(43)45-33(4,5)6)37-28(40)24(19-12-9-8-10-13-19)36-27(39)22-16-35-23(17-34-22)30(42)44-7/h16-17,19-21,24-26H,8-15,18H2,1-7H3,(H,36,39)(H,37,40)/t20-,21-,24-,25-,26+/m0/s1. The maximum absolute atomic E-state index is 14.4. The van der Waals surface area contributed by atoms with Gasteiger partial charge in [0.05, 0.1) is 19.5 Å². The van der Waals surface area contributed by atoms with Crippen molar-refractivity contribution in [1.82, 2.24) is 25.5 Å². The molecule has 3 fully saturated rings. The Bertz CT molecular complexity index is 1260. The summed E-state index contributed by atoms with van der Waals surface area (Å²) in [6.07, 6.45) is 9.51. The second kappa shape index (κ2) is 13.8. The van der Waals surface area contributed by atoms with E-state index in [0.717, 1.165) is 57.6 Å². The van der Waals surface area contributed by atoms with Crippen molar-refractivity contribution in [1.29, 1.82) is 0 Å². The molecule has 45 heavy (non-hydrogen) atoms. The highest BCUT2D eigenvalue weighted by Crippen LogP contribution is 2.44. The van der Waals surface area contributed by atoms with E-state index in [1.54, 1.807) is 4.90 Å². The highest BCUT2D eigenvalue weighted by Gasteiger charge is 2.53. The van der Waals surface area contributed by atoms with Crippen LogP contribution >= 0.6 is 0 Å². The fourth-order valence-corrected chi connectivity index (χ4v) is 6.98. The molecule has 12 nitrogen and oxygen atoms in total. The van der Waals surface area contributed by atoms with Gasteiger partial charge in [0.15, 0.2) is 5.69 Å². The Morgan fingerprint density at radius 3 is 2.09 bits per heavy atom. The fraction of sp³-hybridized carbons (Fsp3) is 0.727. The van der Waals surface area contributed by atoms with Gasteiger partial charge in [0, 0.05) is 6.54 Å². The first kappa shape index (κ1) is 34.3. The molecule has 0 spiro atoms. The zero-order chi connectivity index (χ0) is 33.1. The molecule has 0 aromatic carbocycles. The van der Waals surface area contributed by atoms with Crippen LogP contribution < -0.4 is 10.6 Å². The lowest BCUT2D eigenvalue weighted by Crippen LogP contribution is -2.61. The summed E-state index contributed by atoms with van der Waals surface area (Å²) in [5.74, 6) is -2.37. The van der Waals surface area contributed by atoms with Crippen molar-refractivity contribution in [3.05, 3.63) is 23.8 Å². The summed E-state index contributed by atoms with van der Waals surface area (Å²) in [5, 5.41) is 5.85. The molecule has 1 aliphatic heterocycles. The lowest BCUT2D eigenvalue weighted by Gasteiger charge is -2.38. The van der Waals surface area contributed by atoms with E-state index in [4.69, 9.17) is 4.74 Å². The van der Waals surface area contributed by atoms with Gasteiger partial charge < -0.3 is 25.0 Å². The number of nitrogens with one attached hydrogen (secondary N) is 2. The molecule has 3 aliphatic rings. The molecule has 3 amide bonds. The Hall–Kier alpha value is -3.57. The largest absolute Gasteiger partial charge is 0.464 e. The highest BCUT2D eigenvalue weighted by molar-refractivity contribution is 5.98. The van der Waals surface area contributed by atoms with Crippen LogP contribution in [0.2, 0.25) is 0 Å². The van der Waals surface area contributed by atoms with Crippen LogP contribution in [0.3, 0.4) is 0 Å². The Labute approximate surface area is 265 Å². The molecule has 4 rings (SSSR count). The summed E-state index contributed by atoms with van der Waals surface area (Å²) in [5.41, 5.74) is -1.49. The van der Waals surface area contributed by atoms with Crippen molar-refractivity contribution in [2.75, 3.05) is 13.7 Å². The van der Waals surface area contributed by atoms with Crippen molar-refractivity contribution in [3.63, 3.8) is 0 Å². The average molecular weight is 628 g/mol. The predicted octanol–water partition coefficient (Wildman–Crippen LogP) is 3.44. The topological polar surface area (TPSA) is 157 Å². The summed E-state index contributed by atoms with van der Waals surface area (Å²) < 4.78 is 10.4. The van der Waals surface area contributed by atoms with Crippen molar-refractivity contribution < 1.29 is 33.4 Å². The van der Waals surface area contributed by atoms with Gasteiger partial charge in [-0.1, -0.05) is 46.5 Å². The highest BCUT2D eigenvalue weighted by atomic mass is 16.6.